The zero-order valence-corrected chi connectivity index (χ0v) is 11.3. The maximum absolute atomic E-state index is 13.1. The van der Waals surface area contributed by atoms with Crippen LogP contribution >= 0.6 is 0 Å². The number of halogens is 2. The fourth-order valence-electron chi connectivity index (χ4n) is 2.68. The Bertz CT molecular complexity index is 447. The van der Waals surface area contributed by atoms with E-state index in [1.165, 1.54) is 0 Å². The molecule has 1 aliphatic carbocycles. The third kappa shape index (κ3) is 3.31. The third-order valence-electron chi connectivity index (χ3n) is 3.96. The Balaban J connectivity index is 2.10. The SMILES string of the molecule is CC1CCC(N(C)C(=O)c2cc(F)cc(F)c2)CC1. The molecule has 0 aromatic heterocycles. The Morgan fingerprint density at radius 3 is 2.16 bits per heavy atom. The van der Waals surface area contributed by atoms with Gasteiger partial charge < -0.3 is 4.90 Å². The van der Waals surface area contributed by atoms with Crippen molar-refractivity contribution in [1.82, 2.24) is 4.90 Å². The minimum Gasteiger partial charge on any atom is -0.339 e. The zero-order chi connectivity index (χ0) is 14.0. The molecule has 1 aromatic rings. The van der Waals surface area contributed by atoms with Gasteiger partial charge in [0.2, 0.25) is 0 Å². The molecule has 2 nitrogen and oxygen atoms in total. The lowest BCUT2D eigenvalue weighted by atomic mass is 9.86. The van der Waals surface area contributed by atoms with E-state index in [0.29, 0.717) is 5.92 Å². The van der Waals surface area contributed by atoms with Crippen LogP contribution in [0.2, 0.25) is 0 Å². The molecule has 1 aromatic carbocycles. The summed E-state index contributed by atoms with van der Waals surface area (Å²) in [5, 5.41) is 0. The second kappa shape index (κ2) is 5.68. The van der Waals surface area contributed by atoms with Crippen LogP contribution in [0.5, 0.6) is 0 Å². The molecule has 0 N–H and O–H groups in total. The van der Waals surface area contributed by atoms with Crippen LogP contribution < -0.4 is 0 Å². The zero-order valence-electron chi connectivity index (χ0n) is 11.3. The topological polar surface area (TPSA) is 20.3 Å². The lowest BCUT2D eigenvalue weighted by Crippen LogP contribution is -2.39. The molecule has 1 aliphatic rings. The van der Waals surface area contributed by atoms with Gasteiger partial charge in [0, 0.05) is 24.7 Å². The van der Waals surface area contributed by atoms with E-state index in [1.54, 1.807) is 11.9 Å². The number of benzene rings is 1. The first-order valence-corrected chi connectivity index (χ1v) is 6.70. The Morgan fingerprint density at radius 2 is 1.63 bits per heavy atom. The van der Waals surface area contributed by atoms with Gasteiger partial charge in [0.1, 0.15) is 11.6 Å². The number of rotatable bonds is 2. The quantitative estimate of drug-likeness (QED) is 0.801. The van der Waals surface area contributed by atoms with Crippen LogP contribution in [-0.2, 0) is 0 Å². The van der Waals surface area contributed by atoms with E-state index in [-0.39, 0.29) is 17.5 Å². The van der Waals surface area contributed by atoms with Crippen molar-refractivity contribution in [1.29, 1.82) is 0 Å². The fraction of sp³-hybridized carbons (Fsp3) is 0.533. The Labute approximate surface area is 112 Å². The van der Waals surface area contributed by atoms with Crippen molar-refractivity contribution in [3.8, 4) is 0 Å². The Kier molecular flexibility index (Phi) is 4.17. The van der Waals surface area contributed by atoms with E-state index in [1.807, 2.05) is 0 Å². The van der Waals surface area contributed by atoms with Gasteiger partial charge in [-0.15, -0.1) is 0 Å². The molecule has 1 fully saturated rings. The monoisotopic (exact) mass is 267 g/mol. The van der Waals surface area contributed by atoms with E-state index in [4.69, 9.17) is 0 Å². The van der Waals surface area contributed by atoms with Gasteiger partial charge in [-0.3, -0.25) is 4.79 Å². The van der Waals surface area contributed by atoms with Gasteiger partial charge >= 0.3 is 0 Å². The summed E-state index contributed by atoms with van der Waals surface area (Å²) in [6, 6.07) is 3.13. The summed E-state index contributed by atoms with van der Waals surface area (Å²) >= 11 is 0. The molecule has 2 rings (SSSR count). The minimum atomic E-state index is -0.714. The van der Waals surface area contributed by atoms with Crippen molar-refractivity contribution in [3.63, 3.8) is 0 Å². The van der Waals surface area contributed by atoms with Crippen LogP contribution in [0.4, 0.5) is 8.78 Å². The number of carbonyl (C=O) groups excluding carboxylic acids is 1. The van der Waals surface area contributed by atoms with Crippen molar-refractivity contribution in [2.75, 3.05) is 7.05 Å². The summed E-state index contributed by atoms with van der Waals surface area (Å²) in [7, 11) is 1.71. The summed E-state index contributed by atoms with van der Waals surface area (Å²) in [6.07, 6.45) is 4.11. The molecule has 0 heterocycles. The van der Waals surface area contributed by atoms with Gasteiger partial charge in [0.05, 0.1) is 0 Å². The van der Waals surface area contributed by atoms with Crippen LogP contribution in [0.25, 0.3) is 0 Å². The molecule has 0 bridgehead atoms. The van der Waals surface area contributed by atoms with Gasteiger partial charge in [-0.1, -0.05) is 6.92 Å². The molecule has 0 radical (unpaired) electrons. The number of carbonyl (C=O) groups is 1. The molecule has 104 valence electrons. The Hall–Kier alpha value is -1.45. The van der Waals surface area contributed by atoms with E-state index < -0.39 is 11.6 Å². The predicted molar refractivity (Wildman–Crippen MR) is 69.9 cm³/mol. The highest BCUT2D eigenvalue weighted by Gasteiger charge is 2.25. The molecule has 0 saturated heterocycles. The van der Waals surface area contributed by atoms with Crippen molar-refractivity contribution in [3.05, 3.63) is 35.4 Å². The minimum absolute atomic E-state index is 0.0821. The second-order valence-electron chi connectivity index (χ2n) is 5.49. The van der Waals surface area contributed by atoms with Gasteiger partial charge in [-0.05, 0) is 43.7 Å². The molecule has 4 heteroatoms. The molecule has 19 heavy (non-hydrogen) atoms. The van der Waals surface area contributed by atoms with Crippen LogP contribution in [0, 0.1) is 17.6 Å². The molecule has 1 saturated carbocycles. The number of hydrogen-bond donors (Lipinski definition) is 0. The average Bonchev–Trinajstić information content (AvgIpc) is 2.37. The van der Waals surface area contributed by atoms with Crippen molar-refractivity contribution in [2.45, 2.75) is 38.6 Å². The van der Waals surface area contributed by atoms with Gasteiger partial charge in [-0.2, -0.15) is 0 Å². The van der Waals surface area contributed by atoms with E-state index in [2.05, 4.69) is 6.92 Å². The Morgan fingerprint density at radius 1 is 1.11 bits per heavy atom. The van der Waals surface area contributed by atoms with E-state index in [9.17, 15) is 13.6 Å². The van der Waals surface area contributed by atoms with Gasteiger partial charge in [0.25, 0.3) is 5.91 Å². The van der Waals surface area contributed by atoms with E-state index >= 15 is 0 Å². The predicted octanol–water partition coefficient (Wildman–Crippen LogP) is 3.62. The first kappa shape index (κ1) is 14.0. The maximum atomic E-state index is 13.1. The molecule has 0 unspecified atom stereocenters. The standard InChI is InChI=1S/C15H19F2NO/c1-10-3-5-14(6-4-10)18(2)15(19)11-7-12(16)9-13(17)8-11/h7-10,14H,3-6H2,1-2H3. The van der Waals surface area contributed by atoms with Crippen LogP contribution in [0.1, 0.15) is 43.0 Å². The number of amides is 1. The van der Waals surface area contributed by atoms with Crippen molar-refractivity contribution < 1.29 is 13.6 Å². The van der Waals surface area contributed by atoms with Crippen LogP contribution in [-0.4, -0.2) is 23.9 Å². The second-order valence-corrected chi connectivity index (χ2v) is 5.49. The third-order valence-corrected chi connectivity index (χ3v) is 3.96. The fourth-order valence-corrected chi connectivity index (χ4v) is 2.68. The summed E-state index contributed by atoms with van der Waals surface area (Å²) in [4.78, 5) is 13.8. The summed E-state index contributed by atoms with van der Waals surface area (Å²) in [6.45, 7) is 2.21. The lowest BCUT2D eigenvalue weighted by molar-refractivity contribution is 0.0678. The lowest BCUT2D eigenvalue weighted by Gasteiger charge is -2.33. The van der Waals surface area contributed by atoms with Gasteiger partial charge in [0.15, 0.2) is 0 Å². The molecule has 0 spiro atoms. The normalized spacial score (nSPS) is 23.2. The largest absolute Gasteiger partial charge is 0.339 e. The van der Waals surface area contributed by atoms with Crippen molar-refractivity contribution >= 4 is 5.91 Å². The van der Waals surface area contributed by atoms with Crippen molar-refractivity contribution in [2.24, 2.45) is 5.92 Å². The smallest absolute Gasteiger partial charge is 0.254 e. The van der Waals surface area contributed by atoms with Crippen LogP contribution in [0.15, 0.2) is 18.2 Å². The highest BCUT2D eigenvalue weighted by atomic mass is 19.1. The highest BCUT2D eigenvalue weighted by molar-refractivity contribution is 5.94. The highest BCUT2D eigenvalue weighted by Crippen LogP contribution is 2.27. The molecular weight excluding hydrogens is 248 g/mol. The average molecular weight is 267 g/mol. The number of nitrogens with zero attached hydrogens (tertiary/aromatic N) is 1. The summed E-state index contributed by atoms with van der Waals surface area (Å²) in [5.41, 5.74) is 0.0821. The summed E-state index contributed by atoms with van der Waals surface area (Å²) in [5.74, 6) is -1.03. The molecule has 0 aliphatic heterocycles. The molecule has 0 atom stereocenters. The maximum Gasteiger partial charge on any atom is 0.254 e. The van der Waals surface area contributed by atoms with Gasteiger partial charge in [-0.25, -0.2) is 8.78 Å². The summed E-state index contributed by atoms with van der Waals surface area (Å²) < 4.78 is 26.3. The number of hydrogen-bond acceptors (Lipinski definition) is 1. The molecule has 1 amide bonds. The first-order chi connectivity index (χ1) is 8.97. The van der Waals surface area contributed by atoms with E-state index in [0.717, 1.165) is 43.9 Å². The van der Waals surface area contributed by atoms with Crippen LogP contribution in [0.3, 0.4) is 0 Å². The molecular formula is C15H19F2NO. The first-order valence-electron chi connectivity index (χ1n) is 6.70.